The largest absolute Gasteiger partial charge is 0.237 e. The average Bonchev–Trinajstić information content (AvgIpc) is 2.67. The molecule has 3 rings (SSSR count). The molecule has 0 atom stereocenters. The lowest BCUT2D eigenvalue weighted by atomic mass is 10.1. The molecule has 2 aromatic rings. The number of aromatic nitrogens is 2. The van der Waals surface area contributed by atoms with Crippen LogP contribution in [0.25, 0.3) is 0 Å². The molecule has 0 fully saturated rings. The molecule has 20 heavy (non-hydrogen) atoms. The van der Waals surface area contributed by atoms with Gasteiger partial charge in [0, 0.05) is 17.7 Å². The first-order valence-electron chi connectivity index (χ1n) is 7.01. The average molecular weight is 291 g/mol. The van der Waals surface area contributed by atoms with Gasteiger partial charge in [-0.2, -0.15) is 0 Å². The first-order valence-corrected chi connectivity index (χ1v) is 7.39. The number of benzene rings is 1. The molecule has 0 unspecified atom stereocenters. The van der Waals surface area contributed by atoms with Crippen LogP contribution in [0.4, 0.5) is 4.39 Å². The first-order chi connectivity index (χ1) is 9.74. The molecule has 0 aliphatic heterocycles. The third-order valence-corrected chi connectivity index (χ3v) is 4.05. The van der Waals surface area contributed by atoms with Gasteiger partial charge >= 0.3 is 0 Å². The zero-order valence-corrected chi connectivity index (χ0v) is 12.0. The minimum atomic E-state index is -0.220. The summed E-state index contributed by atoms with van der Waals surface area (Å²) in [5, 5.41) is 0.545. The number of nitrogens with zero attached hydrogens (tertiary/aromatic N) is 2. The van der Waals surface area contributed by atoms with Gasteiger partial charge in [-0.25, -0.2) is 14.4 Å². The van der Waals surface area contributed by atoms with E-state index in [1.807, 2.05) is 6.07 Å². The van der Waals surface area contributed by atoms with E-state index in [-0.39, 0.29) is 5.82 Å². The number of hydrogen-bond acceptors (Lipinski definition) is 2. The van der Waals surface area contributed by atoms with Crippen LogP contribution in [0.15, 0.2) is 24.3 Å². The molecule has 1 aromatic carbocycles. The molecule has 1 aliphatic rings. The second kappa shape index (κ2) is 5.88. The lowest BCUT2D eigenvalue weighted by Crippen LogP contribution is -2.06. The van der Waals surface area contributed by atoms with E-state index in [9.17, 15) is 4.39 Å². The first kappa shape index (κ1) is 13.5. The van der Waals surface area contributed by atoms with Crippen molar-refractivity contribution in [3.05, 3.63) is 57.9 Å². The van der Waals surface area contributed by atoms with Crippen LogP contribution in [-0.4, -0.2) is 9.97 Å². The summed E-state index contributed by atoms with van der Waals surface area (Å²) in [5.41, 5.74) is 2.74. The summed E-state index contributed by atoms with van der Waals surface area (Å²) in [7, 11) is 0. The van der Waals surface area contributed by atoms with E-state index in [1.165, 1.54) is 12.5 Å². The molecule has 0 saturated heterocycles. The van der Waals surface area contributed by atoms with Gasteiger partial charge in [0.25, 0.3) is 0 Å². The standard InChI is InChI=1S/C16H16ClFN2/c17-16-12-7-2-1-3-9-14(12)19-15(20-16)10-11-6-4-5-8-13(11)18/h4-6,8H,1-3,7,9-10H2. The third-order valence-electron chi connectivity index (χ3n) is 3.74. The number of hydrogen-bond donors (Lipinski definition) is 0. The Hall–Kier alpha value is -1.48. The normalized spacial score (nSPS) is 14.7. The number of fused-ring (bicyclic) bond motifs is 1. The minimum absolute atomic E-state index is 0.220. The molecule has 0 radical (unpaired) electrons. The zero-order valence-electron chi connectivity index (χ0n) is 11.2. The molecule has 1 aliphatic carbocycles. The van der Waals surface area contributed by atoms with E-state index in [1.54, 1.807) is 12.1 Å². The van der Waals surface area contributed by atoms with E-state index in [0.29, 0.717) is 23.0 Å². The van der Waals surface area contributed by atoms with E-state index in [2.05, 4.69) is 9.97 Å². The second-order valence-electron chi connectivity index (χ2n) is 5.18. The van der Waals surface area contributed by atoms with Crippen molar-refractivity contribution in [3.63, 3.8) is 0 Å². The molecule has 0 saturated carbocycles. The molecule has 1 heterocycles. The van der Waals surface area contributed by atoms with E-state index < -0.39 is 0 Å². The van der Waals surface area contributed by atoms with Crippen molar-refractivity contribution in [1.29, 1.82) is 0 Å². The van der Waals surface area contributed by atoms with Crippen LogP contribution in [0.5, 0.6) is 0 Å². The molecule has 2 nitrogen and oxygen atoms in total. The maximum atomic E-state index is 13.7. The Morgan fingerprint density at radius 2 is 1.85 bits per heavy atom. The Labute approximate surface area is 123 Å². The van der Waals surface area contributed by atoms with Crippen molar-refractivity contribution in [2.75, 3.05) is 0 Å². The second-order valence-corrected chi connectivity index (χ2v) is 5.54. The molecule has 0 amide bonds. The SMILES string of the molecule is Fc1ccccc1Cc1nc(Cl)c2c(n1)CCCCC2. The Balaban J connectivity index is 1.93. The van der Waals surface area contributed by atoms with Crippen molar-refractivity contribution < 1.29 is 4.39 Å². The van der Waals surface area contributed by atoms with Crippen LogP contribution in [0.1, 0.15) is 41.9 Å². The summed E-state index contributed by atoms with van der Waals surface area (Å²) < 4.78 is 13.7. The van der Waals surface area contributed by atoms with Gasteiger partial charge in [-0.1, -0.05) is 36.2 Å². The summed E-state index contributed by atoms with van der Waals surface area (Å²) >= 11 is 6.28. The number of halogens is 2. The number of aryl methyl sites for hydroxylation is 1. The van der Waals surface area contributed by atoms with Crippen molar-refractivity contribution >= 4 is 11.6 Å². The van der Waals surface area contributed by atoms with Gasteiger partial charge in [0.1, 0.15) is 16.8 Å². The van der Waals surface area contributed by atoms with Gasteiger partial charge in [0.05, 0.1) is 0 Å². The van der Waals surface area contributed by atoms with Gasteiger partial charge in [-0.05, 0) is 37.3 Å². The molecule has 0 N–H and O–H groups in total. The highest BCUT2D eigenvalue weighted by Gasteiger charge is 2.16. The van der Waals surface area contributed by atoms with Gasteiger partial charge in [0.2, 0.25) is 0 Å². The highest BCUT2D eigenvalue weighted by molar-refractivity contribution is 6.30. The quantitative estimate of drug-likeness (QED) is 0.614. The summed E-state index contributed by atoms with van der Waals surface area (Å²) in [6.45, 7) is 0. The molecular weight excluding hydrogens is 275 g/mol. The van der Waals surface area contributed by atoms with Gasteiger partial charge < -0.3 is 0 Å². The lowest BCUT2D eigenvalue weighted by molar-refractivity contribution is 0.611. The Morgan fingerprint density at radius 1 is 1.05 bits per heavy atom. The smallest absolute Gasteiger partial charge is 0.136 e. The van der Waals surface area contributed by atoms with Crippen LogP contribution >= 0.6 is 11.6 Å². The van der Waals surface area contributed by atoms with Crippen molar-refractivity contribution in [2.24, 2.45) is 0 Å². The lowest BCUT2D eigenvalue weighted by Gasteiger charge is -2.09. The highest BCUT2D eigenvalue weighted by atomic mass is 35.5. The minimum Gasteiger partial charge on any atom is -0.237 e. The Bertz CT molecular complexity index is 628. The highest BCUT2D eigenvalue weighted by Crippen LogP contribution is 2.25. The third kappa shape index (κ3) is 2.83. The van der Waals surface area contributed by atoms with Crippen LogP contribution < -0.4 is 0 Å². The van der Waals surface area contributed by atoms with Gasteiger partial charge in [-0.15, -0.1) is 0 Å². The fraction of sp³-hybridized carbons (Fsp3) is 0.375. The summed E-state index contributed by atoms with van der Waals surface area (Å²) in [6.07, 6.45) is 5.77. The zero-order chi connectivity index (χ0) is 13.9. The predicted molar refractivity (Wildman–Crippen MR) is 77.5 cm³/mol. The summed E-state index contributed by atoms with van der Waals surface area (Å²) in [4.78, 5) is 8.96. The van der Waals surface area contributed by atoms with E-state index in [0.717, 1.165) is 36.9 Å². The predicted octanol–water partition coefficient (Wildman–Crippen LogP) is 4.13. The van der Waals surface area contributed by atoms with Gasteiger partial charge in [-0.3, -0.25) is 0 Å². The Kier molecular flexibility index (Phi) is 3.97. The molecule has 4 heteroatoms. The van der Waals surface area contributed by atoms with Crippen LogP contribution in [-0.2, 0) is 19.3 Å². The van der Waals surface area contributed by atoms with Gasteiger partial charge in [0.15, 0.2) is 0 Å². The Morgan fingerprint density at radius 3 is 2.70 bits per heavy atom. The maximum Gasteiger partial charge on any atom is 0.136 e. The van der Waals surface area contributed by atoms with Crippen LogP contribution in [0.2, 0.25) is 5.15 Å². The summed E-state index contributed by atoms with van der Waals surface area (Å²) in [6, 6.07) is 6.73. The number of rotatable bonds is 2. The van der Waals surface area contributed by atoms with Crippen molar-refractivity contribution in [1.82, 2.24) is 9.97 Å². The topological polar surface area (TPSA) is 25.8 Å². The maximum absolute atomic E-state index is 13.7. The van der Waals surface area contributed by atoms with Crippen molar-refractivity contribution in [2.45, 2.75) is 38.5 Å². The molecule has 0 bridgehead atoms. The fourth-order valence-corrected chi connectivity index (χ4v) is 2.97. The van der Waals surface area contributed by atoms with E-state index in [4.69, 9.17) is 11.6 Å². The molecular formula is C16H16ClFN2. The molecule has 1 aromatic heterocycles. The van der Waals surface area contributed by atoms with Crippen molar-refractivity contribution in [3.8, 4) is 0 Å². The monoisotopic (exact) mass is 290 g/mol. The van der Waals surface area contributed by atoms with Crippen LogP contribution in [0.3, 0.4) is 0 Å². The fourth-order valence-electron chi connectivity index (χ4n) is 2.66. The molecule has 0 spiro atoms. The summed E-state index contributed by atoms with van der Waals surface area (Å²) in [5.74, 6) is 0.392. The van der Waals surface area contributed by atoms with Crippen LogP contribution in [0, 0.1) is 5.82 Å². The molecule has 104 valence electrons. The van der Waals surface area contributed by atoms with E-state index >= 15 is 0 Å².